The van der Waals surface area contributed by atoms with Crippen molar-refractivity contribution in [1.29, 1.82) is 0 Å². The Morgan fingerprint density at radius 3 is 2.64 bits per heavy atom. The number of carbonyl (C=O) groups is 1. The number of esters is 1. The fourth-order valence-electron chi connectivity index (χ4n) is 1.24. The Kier molecular flexibility index (Phi) is 3.82. The molecule has 1 aliphatic rings. The molecule has 0 aliphatic carbocycles. The molecule has 6 heteroatoms. The van der Waals surface area contributed by atoms with Crippen molar-refractivity contribution in [2.45, 2.75) is 31.3 Å². The van der Waals surface area contributed by atoms with Crippen LogP contribution in [0.2, 0.25) is 0 Å². The SMILES string of the molecule is CCOC(=O)[C@@H]1OC[C@@H](O)[C@@H](O)[C@@H]1O. The van der Waals surface area contributed by atoms with Crippen molar-refractivity contribution in [3.8, 4) is 0 Å². The lowest BCUT2D eigenvalue weighted by Crippen LogP contribution is -2.55. The molecule has 0 aromatic rings. The van der Waals surface area contributed by atoms with Gasteiger partial charge in [0.25, 0.3) is 0 Å². The minimum absolute atomic E-state index is 0.171. The third kappa shape index (κ3) is 2.21. The summed E-state index contributed by atoms with van der Waals surface area (Å²) in [5, 5.41) is 27.7. The minimum Gasteiger partial charge on any atom is -0.464 e. The first-order valence-electron chi connectivity index (χ1n) is 4.40. The van der Waals surface area contributed by atoms with E-state index in [0.29, 0.717) is 0 Å². The summed E-state index contributed by atoms with van der Waals surface area (Å²) in [5.74, 6) is -0.731. The van der Waals surface area contributed by atoms with Crippen LogP contribution < -0.4 is 0 Å². The summed E-state index contributed by atoms with van der Waals surface area (Å²) in [6.45, 7) is 1.60. The second kappa shape index (κ2) is 4.70. The van der Waals surface area contributed by atoms with E-state index in [1.807, 2.05) is 0 Å². The van der Waals surface area contributed by atoms with Crippen molar-refractivity contribution in [3.05, 3.63) is 0 Å². The molecule has 6 nitrogen and oxygen atoms in total. The highest BCUT2D eigenvalue weighted by molar-refractivity contribution is 5.75. The van der Waals surface area contributed by atoms with Gasteiger partial charge in [-0.25, -0.2) is 4.79 Å². The van der Waals surface area contributed by atoms with Crippen molar-refractivity contribution < 1.29 is 29.6 Å². The molecule has 0 radical (unpaired) electrons. The van der Waals surface area contributed by atoms with Crippen LogP contribution in [0, 0.1) is 0 Å². The van der Waals surface area contributed by atoms with Crippen LogP contribution in [-0.4, -0.2) is 58.9 Å². The summed E-state index contributed by atoms with van der Waals surface area (Å²) in [6.07, 6.45) is -5.21. The van der Waals surface area contributed by atoms with Crippen LogP contribution in [0.25, 0.3) is 0 Å². The third-order valence-electron chi connectivity index (χ3n) is 2.02. The maximum absolute atomic E-state index is 11.2. The van der Waals surface area contributed by atoms with Crippen LogP contribution in [0.15, 0.2) is 0 Å². The second-order valence-corrected chi connectivity index (χ2v) is 3.05. The maximum Gasteiger partial charge on any atom is 0.338 e. The lowest BCUT2D eigenvalue weighted by atomic mass is 10.0. The zero-order chi connectivity index (χ0) is 10.7. The molecule has 0 bridgehead atoms. The first kappa shape index (κ1) is 11.4. The van der Waals surface area contributed by atoms with E-state index in [0.717, 1.165) is 0 Å². The number of ether oxygens (including phenoxy) is 2. The smallest absolute Gasteiger partial charge is 0.338 e. The van der Waals surface area contributed by atoms with Gasteiger partial charge in [-0.1, -0.05) is 0 Å². The fraction of sp³-hybridized carbons (Fsp3) is 0.875. The van der Waals surface area contributed by atoms with E-state index in [2.05, 4.69) is 4.74 Å². The first-order valence-corrected chi connectivity index (χ1v) is 4.40. The molecular weight excluding hydrogens is 192 g/mol. The monoisotopic (exact) mass is 206 g/mol. The zero-order valence-electron chi connectivity index (χ0n) is 7.79. The molecule has 3 N–H and O–H groups in total. The van der Waals surface area contributed by atoms with E-state index in [4.69, 9.17) is 9.84 Å². The van der Waals surface area contributed by atoms with E-state index >= 15 is 0 Å². The Morgan fingerprint density at radius 1 is 1.43 bits per heavy atom. The van der Waals surface area contributed by atoms with E-state index in [1.165, 1.54) is 0 Å². The standard InChI is InChI=1S/C8H14O6/c1-2-13-8(12)7-6(11)5(10)4(9)3-14-7/h4-7,9-11H,2-3H2,1H3/t4-,5-,6+,7-/m1/s1. The van der Waals surface area contributed by atoms with Gasteiger partial charge < -0.3 is 24.8 Å². The lowest BCUT2D eigenvalue weighted by molar-refractivity contribution is -0.205. The van der Waals surface area contributed by atoms with E-state index in [1.54, 1.807) is 6.92 Å². The number of rotatable bonds is 2. The average molecular weight is 206 g/mol. The quantitative estimate of drug-likeness (QED) is 0.454. The fourth-order valence-corrected chi connectivity index (χ4v) is 1.24. The molecule has 1 heterocycles. The van der Waals surface area contributed by atoms with Gasteiger partial charge in [0.15, 0.2) is 6.10 Å². The minimum atomic E-state index is -1.45. The summed E-state index contributed by atoms with van der Waals surface area (Å²) in [4.78, 5) is 11.2. The Balaban J connectivity index is 2.58. The maximum atomic E-state index is 11.2. The zero-order valence-corrected chi connectivity index (χ0v) is 7.79. The molecular formula is C8H14O6. The van der Waals surface area contributed by atoms with E-state index in [9.17, 15) is 15.0 Å². The topological polar surface area (TPSA) is 96.2 Å². The summed E-state index contributed by atoms with van der Waals surface area (Å²) in [7, 11) is 0. The van der Waals surface area contributed by atoms with Gasteiger partial charge in [0.1, 0.15) is 18.3 Å². The van der Waals surface area contributed by atoms with Crippen molar-refractivity contribution in [3.63, 3.8) is 0 Å². The Bertz CT molecular complexity index is 206. The predicted octanol–water partition coefficient (Wildman–Crippen LogP) is -1.97. The van der Waals surface area contributed by atoms with Gasteiger partial charge in [-0.2, -0.15) is 0 Å². The molecule has 1 aliphatic heterocycles. The van der Waals surface area contributed by atoms with Crippen LogP contribution in [-0.2, 0) is 14.3 Å². The molecule has 4 atom stereocenters. The average Bonchev–Trinajstić information content (AvgIpc) is 2.15. The normalized spacial score (nSPS) is 38.0. The Labute approximate surface area is 81.1 Å². The largest absolute Gasteiger partial charge is 0.464 e. The molecule has 0 aromatic carbocycles. The van der Waals surface area contributed by atoms with Crippen molar-refractivity contribution in [1.82, 2.24) is 0 Å². The number of hydrogen-bond donors (Lipinski definition) is 3. The summed E-state index contributed by atoms with van der Waals surface area (Å²) in [6, 6.07) is 0. The summed E-state index contributed by atoms with van der Waals surface area (Å²) in [5.41, 5.74) is 0. The molecule has 0 saturated carbocycles. The highest BCUT2D eigenvalue weighted by atomic mass is 16.6. The van der Waals surface area contributed by atoms with E-state index in [-0.39, 0.29) is 13.2 Å². The molecule has 1 saturated heterocycles. The number of carbonyl (C=O) groups excluding carboxylic acids is 1. The lowest BCUT2D eigenvalue weighted by Gasteiger charge is -2.33. The molecule has 1 rings (SSSR count). The van der Waals surface area contributed by atoms with Crippen molar-refractivity contribution in [2.24, 2.45) is 0 Å². The Morgan fingerprint density at radius 2 is 2.07 bits per heavy atom. The highest BCUT2D eigenvalue weighted by Gasteiger charge is 2.42. The molecule has 0 unspecified atom stereocenters. The van der Waals surface area contributed by atoms with Crippen LogP contribution in [0.4, 0.5) is 0 Å². The molecule has 82 valence electrons. The summed E-state index contributed by atoms with van der Waals surface area (Å²) >= 11 is 0. The molecule has 0 amide bonds. The van der Waals surface area contributed by atoms with Gasteiger partial charge in [-0.15, -0.1) is 0 Å². The first-order chi connectivity index (χ1) is 6.57. The van der Waals surface area contributed by atoms with Crippen LogP contribution in [0.3, 0.4) is 0 Å². The summed E-state index contributed by atoms with van der Waals surface area (Å²) < 4.78 is 9.47. The highest BCUT2D eigenvalue weighted by Crippen LogP contribution is 2.16. The van der Waals surface area contributed by atoms with Gasteiger partial charge >= 0.3 is 5.97 Å². The second-order valence-electron chi connectivity index (χ2n) is 3.05. The predicted molar refractivity (Wildman–Crippen MR) is 44.4 cm³/mol. The molecule has 1 fully saturated rings. The van der Waals surface area contributed by atoms with Crippen LogP contribution in [0.5, 0.6) is 0 Å². The van der Waals surface area contributed by atoms with E-state index < -0.39 is 30.4 Å². The molecule has 0 spiro atoms. The Hall–Kier alpha value is -0.690. The molecule has 0 aromatic heterocycles. The molecule has 14 heavy (non-hydrogen) atoms. The van der Waals surface area contributed by atoms with Crippen LogP contribution in [0.1, 0.15) is 6.92 Å². The van der Waals surface area contributed by atoms with Gasteiger partial charge in [0, 0.05) is 0 Å². The third-order valence-corrected chi connectivity index (χ3v) is 2.02. The van der Waals surface area contributed by atoms with Gasteiger partial charge in [0.05, 0.1) is 13.2 Å². The van der Waals surface area contributed by atoms with Crippen molar-refractivity contribution >= 4 is 5.97 Å². The van der Waals surface area contributed by atoms with Gasteiger partial charge in [0.2, 0.25) is 0 Å². The van der Waals surface area contributed by atoms with Gasteiger partial charge in [-0.3, -0.25) is 0 Å². The van der Waals surface area contributed by atoms with Gasteiger partial charge in [-0.05, 0) is 6.92 Å². The number of hydrogen-bond acceptors (Lipinski definition) is 6. The van der Waals surface area contributed by atoms with Crippen LogP contribution >= 0.6 is 0 Å². The number of aliphatic hydroxyl groups excluding tert-OH is 3. The number of aliphatic hydroxyl groups is 3. The van der Waals surface area contributed by atoms with Crippen molar-refractivity contribution in [2.75, 3.05) is 13.2 Å².